The number of phenolic OH excluding ortho intramolecular Hbond substituents is 1. The number of anilines is 1. The summed E-state index contributed by atoms with van der Waals surface area (Å²) in [6.07, 6.45) is 0. The van der Waals surface area contributed by atoms with Gasteiger partial charge in [0.2, 0.25) is 0 Å². The molecule has 0 bridgehead atoms. The van der Waals surface area contributed by atoms with E-state index in [1.54, 1.807) is 23.5 Å². The molecule has 90 valence electrons. The van der Waals surface area contributed by atoms with E-state index < -0.39 is 0 Å². The molecule has 0 saturated heterocycles. The molecular formula is C13H14ClNOS. The molecule has 2 nitrogen and oxygen atoms in total. The largest absolute Gasteiger partial charge is 0.508 e. The second-order valence-electron chi connectivity index (χ2n) is 4.01. The van der Waals surface area contributed by atoms with Crippen LogP contribution in [-0.4, -0.2) is 5.11 Å². The van der Waals surface area contributed by atoms with Gasteiger partial charge in [-0.05, 0) is 49.7 Å². The molecule has 0 amide bonds. The lowest BCUT2D eigenvalue weighted by molar-refractivity contribution is 0.475. The molecule has 2 aromatic rings. The number of phenols is 1. The summed E-state index contributed by atoms with van der Waals surface area (Å²) in [7, 11) is 0. The second-order valence-corrected chi connectivity index (χ2v) is 5.75. The summed E-state index contributed by atoms with van der Waals surface area (Å²) >= 11 is 7.49. The molecule has 0 radical (unpaired) electrons. The SMILES string of the molecule is Cc1cc(O)ccc1NC(C)c1ccc(Cl)s1. The highest BCUT2D eigenvalue weighted by molar-refractivity contribution is 7.16. The van der Waals surface area contributed by atoms with Crippen LogP contribution in [0.3, 0.4) is 0 Å². The third-order valence-corrected chi connectivity index (χ3v) is 4.02. The third kappa shape index (κ3) is 2.93. The smallest absolute Gasteiger partial charge is 0.115 e. The van der Waals surface area contributed by atoms with Crippen LogP contribution in [0.5, 0.6) is 5.75 Å². The highest BCUT2D eigenvalue weighted by Gasteiger charge is 2.09. The molecule has 17 heavy (non-hydrogen) atoms. The zero-order chi connectivity index (χ0) is 12.4. The first-order valence-electron chi connectivity index (χ1n) is 5.37. The Morgan fingerprint density at radius 3 is 2.65 bits per heavy atom. The summed E-state index contributed by atoms with van der Waals surface area (Å²) in [5.74, 6) is 0.292. The van der Waals surface area contributed by atoms with Crippen molar-refractivity contribution >= 4 is 28.6 Å². The summed E-state index contributed by atoms with van der Waals surface area (Å²) in [4.78, 5) is 1.20. The van der Waals surface area contributed by atoms with Crippen LogP contribution in [0, 0.1) is 6.92 Å². The van der Waals surface area contributed by atoms with E-state index in [0.29, 0.717) is 5.75 Å². The fourth-order valence-electron chi connectivity index (χ4n) is 1.68. The second kappa shape index (κ2) is 4.98. The van der Waals surface area contributed by atoms with E-state index >= 15 is 0 Å². The van der Waals surface area contributed by atoms with Gasteiger partial charge in [0, 0.05) is 10.6 Å². The molecule has 0 saturated carbocycles. The standard InChI is InChI=1S/C13H14ClNOS/c1-8-7-10(16)3-4-11(8)15-9(2)12-5-6-13(14)17-12/h3-7,9,15-16H,1-2H3. The van der Waals surface area contributed by atoms with Crippen molar-refractivity contribution in [2.45, 2.75) is 19.9 Å². The minimum atomic E-state index is 0.204. The Labute approximate surface area is 110 Å². The molecule has 0 aliphatic heterocycles. The Morgan fingerprint density at radius 2 is 2.06 bits per heavy atom. The fraction of sp³-hybridized carbons (Fsp3) is 0.231. The van der Waals surface area contributed by atoms with Gasteiger partial charge in [-0.1, -0.05) is 11.6 Å². The Morgan fingerprint density at radius 1 is 1.29 bits per heavy atom. The normalized spacial score (nSPS) is 12.4. The van der Waals surface area contributed by atoms with Gasteiger partial charge in [0.1, 0.15) is 5.75 Å². The van der Waals surface area contributed by atoms with Crippen LogP contribution in [0.2, 0.25) is 4.34 Å². The van der Waals surface area contributed by atoms with Crippen LogP contribution in [0.1, 0.15) is 23.4 Å². The average molecular weight is 268 g/mol. The van der Waals surface area contributed by atoms with Gasteiger partial charge in [-0.2, -0.15) is 0 Å². The molecule has 0 aliphatic rings. The zero-order valence-corrected chi connectivity index (χ0v) is 11.3. The number of halogens is 1. The van der Waals surface area contributed by atoms with E-state index in [9.17, 15) is 5.11 Å². The number of aryl methyl sites for hydroxylation is 1. The summed E-state index contributed by atoms with van der Waals surface area (Å²) in [6.45, 7) is 4.06. The van der Waals surface area contributed by atoms with Gasteiger partial charge in [0.05, 0.1) is 10.4 Å². The molecule has 2 N–H and O–H groups in total. The number of benzene rings is 1. The van der Waals surface area contributed by atoms with Crippen LogP contribution in [-0.2, 0) is 0 Å². The van der Waals surface area contributed by atoms with Gasteiger partial charge in [-0.25, -0.2) is 0 Å². The molecule has 4 heteroatoms. The molecular weight excluding hydrogens is 254 g/mol. The highest BCUT2D eigenvalue weighted by atomic mass is 35.5. The topological polar surface area (TPSA) is 32.3 Å². The Kier molecular flexibility index (Phi) is 3.60. The molecule has 2 rings (SSSR count). The van der Waals surface area contributed by atoms with Crippen molar-refractivity contribution in [1.82, 2.24) is 0 Å². The van der Waals surface area contributed by atoms with Gasteiger partial charge in [0.25, 0.3) is 0 Å². The molecule has 1 aromatic heterocycles. The quantitative estimate of drug-likeness (QED) is 0.798. The number of hydrogen-bond acceptors (Lipinski definition) is 3. The maximum absolute atomic E-state index is 9.35. The molecule has 0 fully saturated rings. The van der Waals surface area contributed by atoms with Crippen LogP contribution >= 0.6 is 22.9 Å². The number of hydrogen-bond donors (Lipinski definition) is 2. The first-order chi connectivity index (χ1) is 8.06. The van der Waals surface area contributed by atoms with E-state index in [1.165, 1.54) is 4.88 Å². The van der Waals surface area contributed by atoms with Crippen molar-refractivity contribution < 1.29 is 5.11 Å². The Balaban J connectivity index is 2.15. The molecule has 0 aliphatic carbocycles. The third-order valence-electron chi connectivity index (χ3n) is 2.60. The summed E-state index contributed by atoms with van der Waals surface area (Å²) in [6, 6.07) is 9.45. The molecule has 1 atom stereocenters. The fourth-order valence-corrected chi connectivity index (χ4v) is 2.74. The Bertz CT molecular complexity index is 524. The summed E-state index contributed by atoms with van der Waals surface area (Å²) in [5, 5.41) is 12.8. The molecule has 0 spiro atoms. The predicted octanol–water partition coefficient (Wildman–Crippen LogP) is 4.59. The van der Waals surface area contributed by atoms with Gasteiger partial charge in [-0.15, -0.1) is 11.3 Å². The first-order valence-corrected chi connectivity index (χ1v) is 6.57. The number of thiophene rings is 1. The number of nitrogens with one attached hydrogen (secondary N) is 1. The molecule has 1 unspecified atom stereocenters. The monoisotopic (exact) mass is 267 g/mol. The maximum Gasteiger partial charge on any atom is 0.115 e. The van der Waals surface area contributed by atoms with Crippen molar-refractivity contribution in [3.05, 3.63) is 45.1 Å². The zero-order valence-electron chi connectivity index (χ0n) is 9.70. The van der Waals surface area contributed by atoms with Crippen molar-refractivity contribution in [3.63, 3.8) is 0 Å². The maximum atomic E-state index is 9.35. The van der Waals surface area contributed by atoms with Crippen molar-refractivity contribution in [1.29, 1.82) is 0 Å². The van der Waals surface area contributed by atoms with Crippen LogP contribution in [0.4, 0.5) is 5.69 Å². The van der Waals surface area contributed by atoms with Gasteiger partial charge in [0.15, 0.2) is 0 Å². The van der Waals surface area contributed by atoms with Crippen molar-refractivity contribution in [2.75, 3.05) is 5.32 Å². The van der Waals surface area contributed by atoms with Crippen LogP contribution in [0.15, 0.2) is 30.3 Å². The van der Waals surface area contributed by atoms with Gasteiger partial charge in [-0.3, -0.25) is 0 Å². The minimum absolute atomic E-state index is 0.204. The Hall–Kier alpha value is -1.19. The molecule has 1 heterocycles. The number of aromatic hydroxyl groups is 1. The number of rotatable bonds is 3. The van der Waals surface area contributed by atoms with Crippen LogP contribution < -0.4 is 5.32 Å². The van der Waals surface area contributed by atoms with E-state index in [1.807, 2.05) is 25.1 Å². The van der Waals surface area contributed by atoms with Crippen molar-refractivity contribution in [2.24, 2.45) is 0 Å². The lowest BCUT2D eigenvalue weighted by Gasteiger charge is -2.15. The van der Waals surface area contributed by atoms with Gasteiger partial charge < -0.3 is 10.4 Å². The van der Waals surface area contributed by atoms with E-state index in [-0.39, 0.29) is 6.04 Å². The molecule has 1 aromatic carbocycles. The van der Waals surface area contributed by atoms with E-state index in [2.05, 4.69) is 12.2 Å². The van der Waals surface area contributed by atoms with E-state index in [4.69, 9.17) is 11.6 Å². The lowest BCUT2D eigenvalue weighted by atomic mass is 10.1. The van der Waals surface area contributed by atoms with Crippen molar-refractivity contribution in [3.8, 4) is 5.75 Å². The first kappa shape index (κ1) is 12.3. The lowest BCUT2D eigenvalue weighted by Crippen LogP contribution is -2.05. The average Bonchev–Trinajstić information content (AvgIpc) is 2.69. The minimum Gasteiger partial charge on any atom is -0.508 e. The summed E-state index contributed by atoms with van der Waals surface area (Å²) in [5.41, 5.74) is 2.05. The highest BCUT2D eigenvalue weighted by Crippen LogP contribution is 2.30. The summed E-state index contributed by atoms with van der Waals surface area (Å²) < 4.78 is 0.802. The van der Waals surface area contributed by atoms with Gasteiger partial charge >= 0.3 is 0 Å². The predicted molar refractivity (Wildman–Crippen MR) is 74.2 cm³/mol. The van der Waals surface area contributed by atoms with Crippen LogP contribution in [0.25, 0.3) is 0 Å². The van der Waals surface area contributed by atoms with E-state index in [0.717, 1.165) is 15.6 Å².